The minimum atomic E-state index is -3.91. The molecule has 0 aliphatic carbocycles. The van der Waals surface area contributed by atoms with Crippen LogP contribution in [0.5, 0.6) is 0 Å². The molecule has 4 rings (SSSR count). The van der Waals surface area contributed by atoms with Gasteiger partial charge in [-0.1, -0.05) is 0 Å². The molecule has 182 valence electrons. The smallest absolute Gasteiger partial charge is 0.243 e. The van der Waals surface area contributed by atoms with Crippen LogP contribution in [0.15, 0.2) is 50.6 Å². The summed E-state index contributed by atoms with van der Waals surface area (Å²) in [4.78, 5) is 0.0219. The summed E-state index contributed by atoms with van der Waals surface area (Å²) >= 11 is 0. The van der Waals surface area contributed by atoms with Crippen molar-refractivity contribution in [3.05, 3.63) is 47.9 Å². The standard InChI is InChI=1S/C22H30N2O7S2/c1-17-6-7-20(31-17)16-24(15-19-5-3-13-30-19)33(27,28)22-10-8-21(9-11-22)32(25,26)23-14-18-4-2-12-29-18/h6-11,18-19,23H,2-5,12-16H2,1H3/t18-,19-/m0/s1. The molecule has 9 nitrogen and oxygen atoms in total. The van der Waals surface area contributed by atoms with Gasteiger partial charge in [-0.15, -0.1) is 0 Å². The summed E-state index contributed by atoms with van der Waals surface area (Å²) < 4.78 is 72.7. The van der Waals surface area contributed by atoms with Crippen LogP contribution in [0, 0.1) is 6.92 Å². The van der Waals surface area contributed by atoms with Crippen molar-refractivity contribution in [1.82, 2.24) is 9.03 Å². The molecule has 33 heavy (non-hydrogen) atoms. The quantitative estimate of drug-likeness (QED) is 0.535. The van der Waals surface area contributed by atoms with Gasteiger partial charge in [-0.05, 0) is 69.0 Å². The first-order valence-electron chi connectivity index (χ1n) is 11.1. The maximum absolute atomic E-state index is 13.4. The molecule has 0 radical (unpaired) electrons. The molecule has 2 fully saturated rings. The summed E-state index contributed by atoms with van der Waals surface area (Å²) in [6, 6.07) is 8.81. The van der Waals surface area contributed by atoms with Crippen LogP contribution in [-0.4, -0.2) is 59.7 Å². The van der Waals surface area contributed by atoms with Crippen LogP contribution in [0.2, 0.25) is 0 Å². The van der Waals surface area contributed by atoms with Gasteiger partial charge in [0, 0.05) is 26.3 Å². The van der Waals surface area contributed by atoms with E-state index in [0.717, 1.165) is 25.7 Å². The Morgan fingerprint density at radius 1 is 0.909 bits per heavy atom. The van der Waals surface area contributed by atoms with Gasteiger partial charge in [0.15, 0.2) is 0 Å². The van der Waals surface area contributed by atoms with Gasteiger partial charge >= 0.3 is 0 Å². The first kappa shape index (κ1) is 24.4. The third kappa shape index (κ3) is 6.03. The van der Waals surface area contributed by atoms with Crippen LogP contribution >= 0.6 is 0 Å². The molecule has 2 aliphatic rings. The van der Waals surface area contributed by atoms with Crippen molar-refractivity contribution in [2.24, 2.45) is 0 Å². The fourth-order valence-corrected chi connectivity index (χ4v) is 6.54. The minimum Gasteiger partial charge on any atom is -0.465 e. The molecule has 2 atom stereocenters. The number of sulfonamides is 2. The number of aryl methyl sites for hydroxylation is 1. The topological polar surface area (TPSA) is 115 Å². The second-order valence-corrected chi connectivity index (χ2v) is 12.1. The fourth-order valence-electron chi connectivity index (χ4n) is 4.04. The zero-order valence-corrected chi connectivity index (χ0v) is 20.2. The van der Waals surface area contributed by atoms with Gasteiger partial charge in [0.25, 0.3) is 0 Å². The third-order valence-electron chi connectivity index (χ3n) is 5.86. The average Bonchev–Trinajstić information content (AvgIpc) is 3.56. The molecule has 0 unspecified atom stereocenters. The van der Waals surface area contributed by atoms with Gasteiger partial charge in [0.1, 0.15) is 11.5 Å². The Hall–Kier alpha value is -1.76. The Bertz CT molecular complexity index is 1130. The van der Waals surface area contributed by atoms with E-state index in [0.29, 0.717) is 24.7 Å². The maximum atomic E-state index is 13.4. The van der Waals surface area contributed by atoms with Crippen molar-refractivity contribution in [3.8, 4) is 0 Å². The molecule has 0 saturated carbocycles. The zero-order chi connectivity index (χ0) is 23.5. The molecule has 1 aromatic heterocycles. The van der Waals surface area contributed by atoms with Crippen LogP contribution in [0.3, 0.4) is 0 Å². The van der Waals surface area contributed by atoms with Crippen molar-refractivity contribution in [2.75, 3.05) is 26.3 Å². The molecular formula is C22H30N2O7S2. The van der Waals surface area contributed by atoms with E-state index in [1.54, 1.807) is 19.1 Å². The van der Waals surface area contributed by atoms with Crippen molar-refractivity contribution in [1.29, 1.82) is 0 Å². The first-order chi connectivity index (χ1) is 15.7. The molecule has 2 aromatic rings. The van der Waals surface area contributed by atoms with E-state index in [-0.39, 0.29) is 41.6 Å². The highest BCUT2D eigenvalue weighted by Crippen LogP contribution is 2.24. The molecule has 3 heterocycles. The number of rotatable bonds is 10. The second-order valence-electron chi connectivity index (χ2n) is 8.40. The van der Waals surface area contributed by atoms with Crippen LogP contribution in [0.25, 0.3) is 0 Å². The average molecular weight is 499 g/mol. The summed E-state index contributed by atoms with van der Waals surface area (Å²) in [5.74, 6) is 1.23. The molecule has 2 aliphatic heterocycles. The molecular weight excluding hydrogens is 468 g/mol. The molecule has 1 aromatic carbocycles. The van der Waals surface area contributed by atoms with Crippen LogP contribution in [0.1, 0.15) is 37.2 Å². The second kappa shape index (κ2) is 10.2. The Balaban J connectivity index is 1.51. The summed E-state index contributed by atoms with van der Waals surface area (Å²) in [6.07, 6.45) is 3.10. The third-order valence-corrected chi connectivity index (χ3v) is 9.12. The molecule has 0 spiro atoms. The Labute approximate surface area is 195 Å². The van der Waals surface area contributed by atoms with Crippen molar-refractivity contribution in [2.45, 2.75) is 61.2 Å². The maximum Gasteiger partial charge on any atom is 0.243 e. The summed E-state index contributed by atoms with van der Waals surface area (Å²) in [6.45, 7) is 3.52. The van der Waals surface area contributed by atoms with E-state index in [2.05, 4.69) is 4.72 Å². The fraction of sp³-hybridized carbons (Fsp3) is 0.545. The highest BCUT2D eigenvalue weighted by atomic mass is 32.2. The number of nitrogens with one attached hydrogen (secondary N) is 1. The summed E-state index contributed by atoms with van der Waals surface area (Å²) in [5.41, 5.74) is 0. The van der Waals surface area contributed by atoms with Crippen LogP contribution < -0.4 is 4.72 Å². The van der Waals surface area contributed by atoms with Crippen molar-refractivity contribution in [3.63, 3.8) is 0 Å². The molecule has 2 saturated heterocycles. The lowest BCUT2D eigenvalue weighted by atomic mass is 10.2. The summed E-state index contributed by atoms with van der Waals surface area (Å²) in [7, 11) is -7.68. The van der Waals surface area contributed by atoms with Gasteiger partial charge in [-0.25, -0.2) is 21.6 Å². The van der Waals surface area contributed by atoms with E-state index in [1.807, 2.05) is 0 Å². The largest absolute Gasteiger partial charge is 0.465 e. The van der Waals surface area contributed by atoms with Gasteiger partial charge in [-0.2, -0.15) is 4.31 Å². The molecule has 1 N–H and O–H groups in total. The van der Waals surface area contributed by atoms with E-state index in [1.165, 1.54) is 28.6 Å². The number of ether oxygens (including phenoxy) is 2. The van der Waals surface area contributed by atoms with E-state index in [9.17, 15) is 16.8 Å². The predicted octanol–water partition coefficient (Wildman–Crippen LogP) is 2.42. The minimum absolute atomic E-state index is 0.00628. The van der Waals surface area contributed by atoms with E-state index >= 15 is 0 Å². The highest BCUT2D eigenvalue weighted by molar-refractivity contribution is 7.89. The SMILES string of the molecule is Cc1ccc(CN(C[C@@H]2CCCO2)S(=O)(=O)c2ccc(S(=O)(=O)NC[C@@H]3CCCO3)cc2)o1. The lowest BCUT2D eigenvalue weighted by Crippen LogP contribution is -2.37. The zero-order valence-electron chi connectivity index (χ0n) is 18.6. The highest BCUT2D eigenvalue weighted by Gasteiger charge is 2.30. The number of furan rings is 1. The lowest BCUT2D eigenvalue weighted by molar-refractivity contribution is 0.0913. The van der Waals surface area contributed by atoms with E-state index < -0.39 is 20.0 Å². The van der Waals surface area contributed by atoms with Crippen LogP contribution in [-0.2, 0) is 36.1 Å². The molecule has 0 amide bonds. The summed E-state index contributed by atoms with van der Waals surface area (Å²) in [5, 5.41) is 0. The Morgan fingerprint density at radius 2 is 1.55 bits per heavy atom. The number of hydrogen-bond donors (Lipinski definition) is 1. The Kier molecular flexibility index (Phi) is 7.56. The van der Waals surface area contributed by atoms with Gasteiger partial charge in [-0.3, -0.25) is 0 Å². The van der Waals surface area contributed by atoms with Crippen molar-refractivity contribution < 1.29 is 30.7 Å². The van der Waals surface area contributed by atoms with Gasteiger partial charge in [0.05, 0.1) is 28.5 Å². The lowest BCUT2D eigenvalue weighted by Gasteiger charge is -2.24. The normalized spacial score (nSPS) is 21.8. The van der Waals surface area contributed by atoms with Crippen molar-refractivity contribution >= 4 is 20.0 Å². The van der Waals surface area contributed by atoms with Crippen LogP contribution in [0.4, 0.5) is 0 Å². The monoisotopic (exact) mass is 498 g/mol. The first-order valence-corrected chi connectivity index (χ1v) is 14.0. The van der Waals surface area contributed by atoms with Gasteiger partial charge < -0.3 is 13.9 Å². The molecule has 11 heteroatoms. The predicted molar refractivity (Wildman–Crippen MR) is 121 cm³/mol. The molecule has 0 bridgehead atoms. The number of benzene rings is 1. The van der Waals surface area contributed by atoms with Gasteiger partial charge in [0.2, 0.25) is 20.0 Å². The number of hydrogen-bond acceptors (Lipinski definition) is 7. The number of nitrogens with zero attached hydrogens (tertiary/aromatic N) is 1. The van der Waals surface area contributed by atoms with E-state index in [4.69, 9.17) is 13.9 Å². The Morgan fingerprint density at radius 3 is 2.12 bits per heavy atom.